The molecule has 0 radical (unpaired) electrons. The van der Waals surface area contributed by atoms with Crippen LogP contribution in [0.25, 0.3) is 0 Å². The van der Waals surface area contributed by atoms with Crippen molar-refractivity contribution in [2.45, 2.75) is 31.8 Å². The van der Waals surface area contributed by atoms with Gasteiger partial charge >= 0.3 is 0 Å². The van der Waals surface area contributed by atoms with Gasteiger partial charge in [0.25, 0.3) is 0 Å². The molecule has 0 aliphatic rings. The summed E-state index contributed by atoms with van der Waals surface area (Å²) in [7, 11) is 0. The molecule has 3 rings (SSSR count). The maximum Gasteiger partial charge on any atom is 0.243 e. The number of aryl methyl sites for hydroxylation is 1. The van der Waals surface area contributed by atoms with Gasteiger partial charge in [0.15, 0.2) is 0 Å². The Morgan fingerprint density at radius 1 is 0.857 bits per heavy atom. The number of benzene rings is 2. The third-order valence-corrected chi connectivity index (χ3v) is 4.43. The van der Waals surface area contributed by atoms with Gasteiger partial charge in [-0.3, -0.25) is 9.59 Å². The maximum atomic E-state index is 12.7. The van der Waals surface area contributed by atoms with Gasteiger partial charge in [0.05, 0.1) is 12.8 Å². The van der Waals surface area contributed by atoms with E-state index in [1.807, 2.05) is 60.7 Å². The van der Waals surface area contributed by atoms with E-state index in [2.05, 4.69) is 10.6 Å². The van der Waals surface area contributed by atoms with Crippen LogP contribution < -0.4 is 10.6 Å². The number of hydrogen-bond donors (Lipinski definition) is 2. The fraction of sp³-hybridized carbons (Fsp3) is 0.217. The molecule has 0 spiro atoms. The highest BCUT2D eigenvalue weighted by atomic mass is 16.3. The molecule has 2 N–H and O–H groups in total. The largest absolute Gasteiger partial charge is 0.467 e. The lowest BCUT2D eigenvalue weighted by atomic mass is 10.0. The molecule has 0 saturated carbocycles. The Kier molecular flexibility index (Phi) is 7.01. The third kappa shape index (κ3) is 6.13. The molecule has 0 saturated heterocycles. The molecule has 2 aromatic carbocycles. The lowest BCUT2D eigenvalue weighted by Gasteiger charge is -2.18. The highest BCUT2D eigenvalue weighted by Gasteiger charge is 2.21. The molecule has 3 aromatic rings. The zero-order valence-corrected chi connectivity index (χ0v) is 15.6. The van der Waals surface area contributed by atoms with Gasteiger partial charge in [0.2, 0.25) is 11.8 Å². The van der Waals surface area contributed by atoms with Crippen molar-refractivity contribution < 1.29 is 14.0 Å². The van der Waals surface area contributed by atoms with E-state index < -0.39 is 6.04 Å². The van der Waals surface area contributed by atoms with Crippen LogP contribution in [0.1, 0.15) is 23.3 Å². The second-order valence-electron chi connectivity index (χ2n) is 6.59. The van der Waals surface area contributed by atoms with Crippen LogP contribution in [0.15, 0.2) is 83.5 Å². The van der Waals surface area contributed by atoms with E-state index in [-0.39, 0.29) is 18.4 Å². The number of carbonyl (C=O) groups excluding carboxylic acids is 2. The maximum absolute atomic E-state index is 12.7. The molecule has 1 aromatic heterocycles. The summed E-state index contributed by atoms with van der Waals surface area (Å²) in [5.41, 5.74) is 2.09. The minimum Gasteiger partial charge on any atom is -0.467 e. The summed E-state index contributed by atoms with van der Waals surface area (Å²) < 4.78 is 5.25. The number of amides is 2. The number of hydrogen-bond acceptors (Lipinski definition) is 3. The molecule has 0 aliphatic carbocycles. The summed E-state index contributed by atoms with van der Waals surface area (Å²) in [5.74, 6) is 0.300. The first-order valence-corrected chi connectivity index (χ1v) is 9.38. The van der Waals surface area contributed by atoms with Gasteiger partial charge in [0, 0.05) is 12.8 Å². The summed E-state index contributed by atoms with van der Waals surface area (Å²) in [6.45, 7) is 0.289. The number of nitrogens with one attached hydrogen (secondary N) is 2. The van der Waals surface area contributed by atoms with Gasteiger partial charge < -0.3 is 15.1 Å². The second-order valence-corrected chi connectivity index (χ2v) is 6.59. The minimum absolute atomic E-state index is 0.141. The molecule has 0 aliphatic heterocycles. The predicted octanol–water partition coefficient (Wildman–Crippen LogP) is 3.26. The number of furan rings is 1. The standard InChI is InChI=1S/C23H24N2O3/c26-22(14-13-18-8-3-1-4-9-18)25-21(16-19-10-5-2-6-11-19)23(27)24-17-20-12-7-15-28-20/h1-12,15,21H,13-14,16-17H2,(H,24,27)(H,25,26)/t21-/m0/s1. The lowest BCUT2D eigenvalue weighted by molar-refractivity contribution is -0.129. The molecule has 1 atom stereocenters. The zero-order chi connectivity index (χ0) is 19.6. The Bertz CT molecular complexity index is 861. The average molecular weight is 376 g/mol. The predicted molar refractivity (Wildman–Crippen MR) is 107 cm³/mol. The molecule has 144 valence electrons. The summed E-state index contributed by atoms with van der Waals surface area (Å²) in [6, 6.07) is 22.4. The van der Waals surface area contributed by atoms with E-state index in [4.69, 9.17) is 4.42 Å². The van der Waals surface area contributed by atoms with Crippen molar-refractivity contribution in [1.29, 1.82) is 0 Å². The van der Waals surface area contributed by atoms with E-state index in [0.717, 1.165) is 11.1 Å². The van der Waals surface area contributed by atoms with E-state index in [1.165, 1.54) is 0 Å². The quantitative estimate of drug-likeness (QED) is 0.602. The van der Waals surface area contributed by atoms with Crippen LogP contribution in [0, 0.1) is 0 Å². The van der Waals surface area contributed by atoms with Crippen LogP contribution in [-0.2, 0) is 29.0 Å². The normalized spacial score (nSPS) is 11.6. The van der Waals surface area contributed by atoms with Gasteiger partial charge in [-0.25, -0.2) is 0 Å². The molecule has 1 heterocycles. The molecular weight excluding hydrogens is 352 g/mol. The van der Waals surface area contributed by atoms with Crippen LogP contribution in [0.2, 0.25) is 0 Å². The fourth-order valence-corrected chi connectivity index (χ4v) is 2.94. The van der Waals surface area contributed by atoms with Gasteiger partial charge in [-0.2, -0.15) is 0 Å². The van der Waals surface area contributed by atoms with Crippen LogP contribution >= 0.6 is 0 Å². The Morgan fingerprint density at radius 2 is 1.54 bits per heavy atom. The molecule has 2 amide bonds. The summed E-state index contributed by atoms with van der Waals surface area (Å²) in [4.78, 5) is 25.1. The summed E-state index contributed by atoms with van der Waals surface area (Å²) in [6.07, 6.45) is 2.97. The van der Waals surface area contributed by atoms with Gasteiger partial charge in [-0.1, -0.05) is 60.7 Å². The SMILES string of the molecule is O=C(CCc1ccccc1)N[C@@H](Cc1ccccc1)C(=O)NCc1ccco1. The monoisotopic (exact) mass is 376 g/mol. The third-order valence-electron chi connectivity index (χ3n) is 4.43. The molecule has 5 nitrogen and oxygen atoms in total. The van der Waals surface area contributed by atoms with Crippen molar-refractivity contribution in [2.75, 3.05) is 0 Å². The molecule has 0 bridgehead atoms. The molecule has 5 heteroatoms. The van der Waals surface area contributed by atoms with E-state index in [9.17, 15) is 9.59 Å². The Morgan fingerprint density at radius 3 is 2.18 bits per heavy atom. The zero-order valence-electron chi connectivity index (χ0n) is 15.6. The van der Waals surface area contributed by atoms with E-state index >= 15 is 0 Å². The molecule has 0 fully saturated rings. The van der Waals surface area contributed by atoms with Gasteiger partial charge in [-0.15, -0.1) is 0 Å². The van der Waals surface area contributed by atoms with Crippen LogP contribution in [0.4, 0.5) is 0 Å². The Labute approximate surface area is 164 Å². The highest BCUT2D eigenvalue weighted by Crippen LogP contribution is 2.07. The first-order chi connectivity index (χ1) is 13.7. The van der Waals surface area contributed by atoms with Crippen molar-refractivity contribution in [3.8, 4) is 0 Å². The Hall–Kier alpha value is -3.34. The first kappa shape index (κ1) is 19.4. The highest BCUT2D eigenvalue weighted by molar-refractivity contribution is 5.87. The van der Waals surface area contributed by atoms with Crippen molar-refractivity contribution >= 4 is 11.8 Å². The molecular formula is C23H24N2O3. The van der Waals surface area contributed by atoms with Crippen molar-refractivity contribution in [3.05, 3.63) is 95.9 Å². The van der Waals surface area contributed by atoms with Crippen molar-refractivity contribution in [1.82, 2.24) is 10.6 Å². The smallest absolute Gasteiger partial charge is 0.243 e. The van der Waals surface area contributed by atoms with Crippen LogP contribution in [-0.4, -0.2) is 17.9 Å². The topological polar surface area (TPSA) is 71.3 Å². The van der Waals surface area contributed by atoms with Crippen LogP contribution in [0.5, 0.6) is 0 Å². The fourth-order valence-electron chi connectivity index (χ4n) is 2.94. The summed E-state index contributed by atoms with van der Waals surface area (Å²) >= 11 is 0. The van der Waals surface area contributed by atoms with Gasteiger partial charge in [-0.05, 0) is 29.7 Å². The average Bonchev–Trinajstić information content (AvgIpc) is 3.25. The lowest BCUT2D eigenvalue weighted by Crippen LogP contribution is -2.47. The van der Waals surface area contributed by atoms with Gasteiger partial charge in [0.1, 0.15) is 11.8 Å². The molecule has 0 unspecified atom stereocenters. The minimum atomic E-state index is -0.638. The van der Waals surface area contributed by atoms with Crippen LogP contribution in [0.3, 0.4) is 0 Å². The summed E-state index contributed by atoms with van der Waals surface area (Å²) in [5, 5.41) is 5.72. The first-order valence-electron chi connectivity index (χ1n) is 9.38. The second kappa shape index (κ2) is 10.1. The van der Waals surface area contributed by atoms with Crippen molar-refractivity contribution in [3.63, 3.8) is 0 Å². The number of rotatable bonds is 9. The molecule has 28 heavy (non-hydrogen) atoms. The van der Waals surface area contributed by atoms with Crippen molar-refractivity contribution in [2.24, 2.45) is 0 Å². The Balaban J connectivity index is 1.59. The number of carbonyl (C=O) groups is 2. The van der Waals surface area contributed by atoms with E-state index in [1.54, 1.807) is 18.4 Å². The van der Waals surface area contributed by atoms with E-state index in [0.29, 0.717) is 25.0 Å².